The van der Waals surface area contributed by atoms with E-state index in [1.54, 1.807) is 31.4 Å². The molecule has 0 radical (unpaired) electrons. The largest absolute Gasteiger partial charge is 0.493 e. The molecule has 3 aromatic rings. The number of rotatable bonds is 7. The van der Waals surface area contributed by atoms with Crippen LogP contribution in [0.15, 0.2) is 70.6 Å². The first kappa shape index (κ1) is 23.6. The van der Waals surface area contributed by atoms with Crippen LogP contribution in [0.4, 0.5) is 4.39 Å². The van der Waals surface area contributed by atoms with Gasteiger partial charge < -0.3 is 14.8 Å². The number of thioether (sulfide) groups is 1. The van der Waals surface area contributed by atoms with Gasteiger partial charge in [-0.15, -0.1) is 0 Å². The van der Waals surface area contributed by atoms with E-state index >= 15 is 0 Å². The molecular formula is C27H25FN2O3S. The highest BCUT2D eigenvalue weighted by molar-refractivity contribution is 8.18. The molecule has 34 heavy (non-hydrogen) atoms. The summed E-state index contributed by atoms with van der Waals surface area (Å²) in [5, 5.41) is 3.41. The van der Waals surface area contributed by atoms with Gasteiger partial charge in [0.25, 0.3) is 5.91 Å². The number of methoxy groups -OCH3 is 1. The second-order valence-electron chi connectivity index (χ2n) is 8.01. The molecule has 1 aliphatic rings. The van der Waals surface area contributed by atoms with Crippen LogP contribution in [0, 0.1) is 19.7 Å². The fourth-order valence-electron chi connectivity index (χ4n) is 3.61. The van der Waals surface area contributed by atoms with Gasteiger partial charge in [-0.3, -0.25) is 9.79 Å². The first-order valence-electron chi connectivity index (χ1n) is 10.8. The molecule has 3 aromatic carbocycles. The zero-order valence-corrected chi connectivity index (χ0v) is 20.0. The maximum absolute atomic E-state index is 13.1. The van der Waals surface area contributed by atoms with Gasteiger partial charge in [0.05, 0.1) is 18.6 Å². The molecule has 0 aliphatic carbocycles. The van der Waals surface area contributed by atoms with Crippen molar-refractivity contribution < 1.29 is 18.7 Å². The molecule has 0 atom stereocenters. The molecule has 0 unspecified atom stereocenters. The molecule has 0 bridgehead atoms. The maximum Gasteiger partial charge on any atom is 0.264 e. The fraction of sp³-hybridized carbons (Fsp3) is 0.185. The topological polar surface area (TPSA) is 59.9 Å². The number of carbonyl (C=O) groups is 1. The SMILES string of the molecule is COc1cc(/C=C2\SC(=NCc3cc(C)cc(C)c3)NC2=O)ccc1OCc1ccc(F)cc1. The molecule has 0 aromatic heterocycles. The van der Waals surface area contributed by atoms with Crippen molar-refractivity contribution in [1.29, 1.82) is 0 Å². The summed E-state index contributed by atoms with van der Waals surface area (Å²) in [4.78, 5) is 17.6. The second-order valence-corrected chi connectivity index (χ2v) is 9.04. The van der Waals surface area contributed by atoms with Crippen LogP contribution >= 0.6 is 11.8 Å². The van der Waals surface area contributed by atoms with Gasteiger partial charge in [0.15, 0.2) is 16.7 Å². The number of aryl methyl sites for hydroxylation is 2. The summed E-state index contributed by atoms with van der Waals surface area (Å²) in [6, 6.07) is 17.9. The standard InChI is InChI=1S/C27H25FN2O3S/c1-17-10-18(2)12-21(11-17)15-29-27-30-26(31)25(34-27)14-20-6-9-23(24(13-20)32-3)33-16-19-4-7-22(28)8-5-19/h4-14H,15-16H2,1-3H3,(H,29,30,31)/b25-14-. The van der Waals surface area contributed by atoms with Crippen LogP contribution in [-0.4, -0.2) is 18.2 Å². The molecule has 1 aliphatic heterocycles. The number of amides is 1. The van der Waals surface area contributed by atoms with Crippen molar-refractivity contribution in [3.05, 3.63) is 99.2 Å². The lowest BCUT2D eigenvalue weighted by atomic mass is 10.1. The molecule has 1 amide bonds. The minimum atomic E-state index is -0.286. The number of benzene rings is 3. The van der Waals surface area contributed by atoms with Crippen LogP contribution in [0.2, 0.25) is 0 Å². The number of halogens is 1. The zero-order valence-electron chi connectivity index (χ0n) is 19.2. The summed E-state index contributed by atoms with van der Waals surface area (Å²) < 4.78 is 24.4. The Hall–Kier alpha value is -3.58. The molecule has 1 fully saturated rings. The van der Waals surface area contributed by atoms with Crippen molar-refractivity contribution in [2.75, 3.05) is 7.11 Å². The monoisotopic (exact) mass is 476 g/mol. The van der Waals surface area contributed by atoms with Crippen molar-refractivity contribution in [3.63, 3.8) is 0 Å². The van der Waals surface area contributed by atoms with Crippen LogP contribution in [0.5, 0.6) is 11.5 Å². The third kappa shape index (κ3) is 6.05. The first-order valence-corrected chi connectivity index (χ1v) is 11.6. The van der Waals surface area contributed by atoms with Gasteiger partial charge >= 0.3 is 0 Å². The van der Waals surface area contributed by atoms with E-state index in [0.717, 1.165) is 16.7 Å². The average Bonchev–Trinajstić information content (AvgIpc) is 3.16. The quantitative estimate of drug-likeness (QED) is 0.439. The molecule has 5 nitrogen and oxygen atoms in total. The Labute approximate surface area is 202 Å². The highest BCUT2D eigenvalue weighted by Gasteiger charge is 2.23. The highest BCUT2D eigenvalue weighted by Crippen LogP contribution is 2.32. The second kappa shape index (κ2) is 10.6. The van der Waals surface area contributed by atoms with Gasteiger partial charge in [-0.2, -0.15) is 0 Å². The fourth-order valence-corrected chi connectivity index (χ4v) is 4.43. The number of aliphatic imine (C=N–C) groups is 1. The van der Waals surface area contributed by atoms with Crippen molar-refractivity contribution in [2.45, 2.75) is 27.0 Å². The Kier molecular flexibility index (Phi) is 7.33. The van der Waals surface area contributed by atoms with Crippen molar-refractivity contribution in [2.24, 2.45) is 4.99 Å². The first-order chi connectivity index (χ1) is 16.4. The lowest BCUT2D eigenvalue weighted by Gasteiger charge is -2.11. The van der Waals surface area contributed by atoms with E-state index in [9.17, 15) is 9.18 Å². The van der Waals surface area contributed by atoms with E-state index in [1.165, 1.54) is 35.0 Å². The van der Waals surface area contributed by atoms with Crippen LogP contribution in [0.1, 0.15) is 27.8 Å². The summed E-state index contributed by atoms with van der Waals surface area (Å²) in [6.45, 7) is 4.91. The van der Waals surface area contributed by atoms with E-state index in [4.69, 9.17) is 9.47 Å². The van der Waals surface area contributed by atoms with Crippen LogP contribution < -0.4 is 14.8 Å². The molecular weight excluding hydrogens is 451 g/mol. The number of ether oxygens (including phenoxy) is 2. The number of hydrogen-bond donors (Lipinski definition) is 1. The van der Waals surface area contributed by atoms with Gasteiger partial charge in [-0.05, 0) is 72.6 Å². The van der Waals surface area contributed by atoms with Gasteiger partial charge in [-0.1, -0.05) is 47.5 Å². The number of carbonyl (C=O) groups excluding carboxylic acids is 1. The van der Waals surface area contributed by atoms with E-state index in [2.05, 4.69) is 42.4 Å². The van der Waals surface area contributed by atoms with Gasteiger partial charge in [0.2, 0.25) is 0 Å². The smallest absolute Gasteiger partial charge is 0.264 e. The minimum Gasteiger partial charge on any atom is -0.493 e. The van der Waals surface area contributed by atoms with Crippen LogP contribution in [0.3, 0.4) is 0 Å². The summed E-state index contributed by atoms with van der Waals surface area (Å²) in [6.07, 6.45) is 1.80. The maximum atomic E-state index is 13.1. The molecule has 0 saturated carbocycles. The van der Waals surface area contributed by atoms with Crippen LogP contribution in [0.25, 0.3) is 6.08 Å². The van der Waals surface area contributed by atoms with E-state index in [1.807, 2.05) is 12.1 Å². The predicted molar refractivity (Wildman–Crippen MR) is 134 cm³/mol. The lowest BCUT2D eigenvalue weighted by Crippen LogP contribution is -2.19. The number of nitrogens with zero attached hydrogens (tertiary/aromatic N) is 1. The Morgan fingerprint density at radius 1 is 0.971 bits per heavy atom. The van der Waals surface area contributed by atoms with Crippen molar-refractivity contribution in [3.8, 4) is 11.5 Å². The average molecular weight is 477 g/mol. The third-order valence-electron chi connectivity index (χ3n) is 5.13. The van der Waals surface area contributed by atoms with Crippen LogP contribution in [-0.2, 0) is 17.9 Å². The van der Waals surface area contributed by atoms with Crippen molar-refractivity contribution >= 4 is 28.9 Å². The Morgan fingerprint density at radius 3 is 2.41 bits per heavy atom. The zero-order chi connectivity index (χ0) is 24.1. The minimum absolute atomic E-state index is 0.181. The lowest BCUT2D eigenvalue weighted by molar-refractivity contribution is -0.115. The highest BCUT2D eigenvalue weighted by atomic mass is 32.2. The van der Waals surface area contributed by atoms with E-state index < -0.39 is 0 Å². The van der Waals surface area contributed by atoms with E-state index in [0.29, 0.717) is 28.1 Å². The Balaban J connectivity index is 1.44. The number of nitrogens with one attached hydrogen (secondary N) is 1. The summed E-state index contributed by atoms with van der Waals surface area (Å²) >= 11 is 1.32. The van der Waals surface area contributed by atoms with Gasteiger partial charge in [0.1, 0.15) is 12.4 Å². The number of amidine groups is 1. The molecule has 0 spiro atoms. The van der Waals surface area contributed by atoms with Crippen molar-refractivity contribution in [1.82, 2.24) is 5.32 Å². The third-order valence-corrected chi connectivity index (χ3v) is 6.08. The van der Waals surface area contributed by atoms with E-state index in [-0.39, 0.29) is 18.3 Å². The van der Waals surface area contributed by atoms with Gasteiger partial charge in [-0.25, -0.2) is 4.39 Å². The summed E-state index contributed by atoms with van der Waals surface area (Å²) in [5.74, 6) is 0.641. The molecule has 1 saturated heterocycles. The molecule has 7 heteroatoms. The molecule has 1 N–H and O–H groups in total. The normalized spacial score (nSPS) is 15.6. The Morgan fingerprint density at radius 2 is 1.71 bits per heavy atom. The Bertz CT molecular complexity index is 1250. The molecule has 174 valence electrons. The summed E-state index contributed by atoms with van der Waals surface area (Å²) in [7, 11) is 1.56. The van der Waals surface area contributed by atoms with Gasteiger partial charge in [0, 0.05) is 0 Å². The number of hydrogen-bond acceptors (Lipinski definition) is 5. The summed E-state index contributed by atoms with van der Waals surface area (Å²) in [5.41, 5.74) is 5.15. The predicted octanol–water partition coefficient (Wildman–Crippen LogP) is 5.79. The molecule has 1 heterocycles. The molecule has 4 rings (SSSR count).